The van der Waals surface area contributed by atoms with E-state index in [9.17, 15) is 13.6 Å². The van der Waals surface area contributed by atoms with Crippen LogP contribution in [0.15, 0.2) is 0 Å². The largest absolute Gasteiger partial charge is 0.344 e. The molecule has 0 fully saturated rings. The standard InChI is InChI=1S/C6H11F2NO/c1-4-6(7,8)5(10)9(2)3/h4H2,1-3H3. The van der Waals surface area contributed by atoms with E-state index < -0.39 is 18.3 Å². The van der Waals surface area contributed by atoms with E-state index in [1.165, 1.54) is 21.0 Å². The minimum Gasteiger partial charge on any atom is -0.344 e. The summed E-state index contributed by atoms with van der Waals surface area (Å²) >= 11 is 0. The van der Waals surface area contributed by atoms with Gasteiger partial charge in [0.2, 0.25) is 0 Å². The number of halogens is 2. The third kappa shape index (κ3) is 1.93. The lowest BCUT2D eigenvalue weighted by Gasteiger charge is -2.17. The summed E-state index contributed by atoms with van der Waals surface area (Å²) in [5.74, 6) is -4.32. The Balaban J connectivity index is 4.19. The molecule has 0 aliphatic rings. The highest BCUT2D eigenvalue weighted by Gasteiger charge is 2.37. The molecular formula is C6H11F2NO. The molecule has 0 unspecified atom stereocenters. The van der Waals surface area contributed by atoms with Crippen LogP contribution >= 0.6 is 0 Å². The first-order valence-corrected chi connectivity index (χ1v) is 3.01. The molecule has 0 atom stereocenters. The number of hydrogen-bond acceptors (Lipinski definition) is 1. The van der Waals surface area contributed by atoms with Gasteiger partial charge < -0.3 is 4.90 Å². The number of nitrogens with zero attached hydrogens (tertiary/aromatic N) is 1. The second-order valence-electron chi connectivity index (χ2n) is 2.26. The van der Waals surface area contributed by atoms with Gasteiger partial charge in [-0.1, -0.05) is 6.92 Å². The maximum absolute atomic E-state index is 12.4. The second kappa shape index (κ2) is 2.94. The van der Waals surface area contributed by atoms with Gasteiger partial charge in [0, 0.05) is 20.5 Å². The molecule has 0 aliphatic heterocycles. The van der Waals surface area contributed by atoms with Crippen LogP contribution in [-0.4, -0.2) is 30.8 Å². The third-order valence-corrected chi connectivity index (χ3v) is 1.16. The zero-order chi connectivity index (χ0) is 8.36. The van der Waals surface area contributed by atoms with Gasteiger partial charge in [-0.3, -0.25) is 4.79 Å². The molecule has 0 heterocycles. The topological polar surface area (TPSA) is 20.3 Å². The molecule has 0 N–H and O–H groups in total. The maximum atomic E-state index is 12.4. The summed E-state index contributed by atoms with van der Waals surface area (Å²) in [5.41, 5.74) is 0. The van der Waals surface area contributed by atoms with E-state index in [2.05, 4.69) is 0 Å². The number of alkyl halides is 2. The molecule has 0 aromatic heterocycles. The smallest absolute Gasteiger partial charge is 0.324 e. The molecule has 0 saturated carbocycles. The Kier molecular flexibility index (Phi) is 2.75. The van der Waals surface area contributed by atoms with E-state index in [1.54, 1.807) is 0 Å². The molecule has 10 heavy (non-hydrogen) atoms. The lowest BCUT2D eigenvalue weighted by Crippen LogP contribution is -2.38. The number of rotatable bonds is 2. The maximum Gasteiger partial charge on any atom is 0.324 e. The zero-order valence-corrected chi connectivity index (χ0v) is 6.32. The summed E-state index contributed by atoms with van der Waals surface area (Å²) in [4.78, 5) is 11.5. The van der Waals surface area contributed by atoms with E-state index in [0.717, 1.165) is 4.90 Å². The highest BCUT2D eigenvalue weighted by molar-refractivity contribution is 5.82. The van der Waals surface area contributed by atoms with E-state index >= 15 is 0 Å². The number of carbonyl (C=O) groups is 1. The molecule has 0 aromatic carbocycles. The molecule has 4 heteroatoms. The van der Waals surface area contributed by atoms with Crippen molar-refractivity contribution in [3.63, 3.8) is 0 Å². The van der Waals surface area contributed by atoms with Crippen molar-refractivity contribution < 1.29 is 13.6 Å². The minimum absolute atomic E-state index is 0.440. The predicted molar refractivity (Wildman–Crippen MR) is 33.9 cm³/mol. The Morgan fingerprint density at radius 2 is 1.90 bits per heavy atom. The first-order chi connectivity index (χ1) is 4.41. The van der Waals surface area contributed by atoms with Gasteiger partial charge in [0.15, 0.2) is 0 Å². The first kappa shape index (κ1) is 9.33. The van der Waals surface area contributed by atoms with Gasteiger partial charge in [-0.15, -0.1) is 0 Å². The van der Waals surface area contributed by atoms with Crippen molar-refractivity contribution >= 4 is 5.91 Å². The molecule has 0 rings (SSSR count). The summed E-state index contributed by atoms with van der Waals surface area (Å²) in [6.07, 6.45) is -0.440. The lowest BCUT2D eigenvalue weighted by molar-refractivity contribution is -0.154. The zero-order valence-electron chi connectivity index (χ0n) is 6.32. The van der Waals surface area contributed by atoms with Crippen molar-refractivity contribution in [3.8, 4) is 0 Å². The van der Waals surface area contributed by atoms with Crippen LogP contribution in [0.4, 0.5) is 8.78 Å². The number of carbonyl (C=O) groups excluding carboxylic acids is 1. The molecule has 0 radical (unpaired) electrons. The van der Waals surface area contributed by atoms with Crippen LogP contribution in [0.1, 0.15) is 13.3 Å². The number of amides is 1. The van der Waals surface area contributed by atoms with Gasteiger partial charge in [0.25, 0.3) is 5.91 Å². The van der Waals surface area contributed by atoms with Crippen LogP contribution in [0.2, 0.25) is 0 Å². The Morgan fingerprint density at radius 3 is 2.00 bits per heavy atom. The van der Waals surface area contributed by atoms with Crippen LogP contribution in [-0.2, 0) is 4.79 Å². The summed E-state index contributed by atoms with van der Waals surface area (Å²) in [6.45, 7) is 1.28. The lowest BCUT2D eigenvalue weighted by atomic mass is 10.2. The average molecular weight is 151 g/mol. The van der Waals surface area contributed by atoms with Crippen LogP contribution in [0.3, 0.4) is 0 Å². The fraction of sp³-hybridized carbons (Fsp3) is 0.833. The van der Waals surface area contributed by atoms with Gasteiger partial charge in [0.05, 0.1) is 0 Å². The predicted octanol–water partition coefficient (Wildman–Crippen LogP) is 1.12. The van der Waals surface area contributed by atoms with Gasteiger partial charge in [-0.2, -0.15) is 8.78 Å². The molecule has 0 aromatic rings. The van der Waals surface area contributed by atoms with Crippen LogP contribution in [0, 0.1) is 0 Å². The van der Waals surface area contributed by atoms with Crippen molar-refractivity contribution in [2.45, 2.75) is 19.3 Å². The van der Waals surface area contributed by atoms with Gasteiger partial charge in [-0.05, 0) is 0 Å². The molecule has 0 aliphatic carbocycles. The van der Waals surface area contributed by atoms with Crippen LogP contribution < -0.4 is 0 Å². The van der Waals surface area contributed by atoms with Crippen LogP contribution in [0.25, 0.3) is 0 Å². The quantitative estimate of drug-likeness (QED) is 0.579. The summed E-state index contributed by atoms with van der Waals surface area (Å²) in [6, 6.07) is 0. The average Bonchev–Trinajstić information content (AvgIpc) is 1.86. The van der Waals surface area contributed by atoms with E-state index in [1.807, 2.05) is 0 Å². The van der Waals surface area contributed by atoms with Crippen molar-refractivity contribution in [1.29, 1.82) is 0 Å². The molecule has 2 nitrogen and oxygen atoms in total. The van der Waals surface area contributed by atoms with Gasteiger partial charge in [-0.25, -0.2) is 0 Å². The van der Waals surface area contributed by atoms with E-state index in [-0.39, 0.29) is 0 Å². The third-order valence-electron chi connectivity index (χ3n) is 1.16. The fourth-order valence-electron chi connectivity index (χ4n) is 0.478. The van der Waals surface area contributed by atoms with Crippen LogP contribution in [0.5, 0.6) is 0 Å². The van der Waals surface area contributed by atoms with Gasteiger partial charge >= 0.3 is 5.92 Å². The van der Waals surface area contributed by atoms with E-state index in [4.69, 9.17) is 0 Å². The van der Waals surface area contributed by atoms with Gasteiger partial charge in [0.1, 0.15) is 0 Å². The SMILES string of the molecule is CCC(F)(F)C(=O)N(C)C. The Hall–Kier alpha value is -0.670. The van der Waals surface area contributed by atoms with Crippen molar-refractivity contribution in [2.24, 2.45) is 0 Å². The van der Waals surface area contributed by atoms with Crippen molar-refractivity contribution in [2.75, 3.05) is 14.1 Å². The van der Waals surface area contributed by atoms with E-state index in [0.29, 0.717) is 0 Å². The fourth-order valence-corrected chi connectivity index (χ4v) is 0.478. The molecule has 60 valence electrons. The summed E-state index contributed by atoms with van der Waals surface area (Å²) < 4.78 is 24.8. The Bertz CT molecular complexity index is 134. The highest BCUT2D eigenvalue weighted by atomic mass is 19.3. The Morgan fingerprint density at radius 1 is 1.50 bits per heavy atom. The summed E-state index contributed by atoms with van der Waals surface area (Å²) in [7, 11) is 2.62. The molecule has 0 spiro atoms. The summed E-state index contributed by atoms with van der Waals surface area (Å²) in [5, 5.41) is 0. The first-order valence-electron chi connectivity index (χ1n) is 3.01. The molecule has 1 amide bonds. The monoisotopic (exact) mass is 151 g/mol. The Labute approximate surface area is 58.8 Å². The normalized spacial score (nSPS) is 11.3. The van der Waals surface area contributed by atoms with Crippen molar-refractivity contribution in [3.05, 3.63) is 0 Å². The molecular weight excluding hydrogens is 140 g/mol. The molecule has 0 bridgehead atoms. The highest BCUT2D eigenvalue weighted by Crippen LogP contribution is 2.19. The molecule has 0 saturated heterocycles. The number of hydrogen-bond donors (Lipinski definition) is 0. The van der Waals surface area contributed by atoms with Crippen molar-refractivity contribution in [1.82, 2.24) is 4.90 Å². The minimum atomic E-state index is -3.19. The second-order valence-corrected chi connectivity index (χ2v) is 2.26.